The molecule has 0 fully saturated rings. The molecule has 0 unspecified atom stereocenters. The van der Waals surface area contributed by atoms with Crippen LogP contribution in [0.4, 0.5) is 5.69 Å². The lowest BCUT2D eigenvalue weighted by Gasteiger charge is -2.32. The number of hydrogen-bond donors (Lipinski definition) is 2. The molecule has 17 heavy (non-hydrogen) atoms. The van der Waals surface area contributed by atoms with E-state index in [9.17, 15) is 4.79 Å². The molecule has 1 aromatic carbocycles. The third-order valence-electron chi connectivity index (χ3n) is 3.61. The number of carbonyl (C=O) groups excluding carboxylic acids is 1. The summed E-state index contributed by atoms with van der Waals surface area (Å²) < 4.78 is 0. The van der Waals surface area contributed by atoms with Crippen LogP contribution < -0.4 is 11.1 Å². The highest BCUT2D eigenvalue weighted by molar-refractivity contribution is 5.99. The summed E-state index contributed by atoms with van der Waals surface area (Å²) in [4.78, 5) is 12.2. The van der Waals surface area contributed by atoms with Gasteiger partial charge < -0.3 is 11.1 Å². The normalized spacial score (nSPS) is 11.2. The van der Waals surface area contributed by atoms with Crippen molar-refractivity contribution < 1.29 is 4.79 Å². The summed E-state index contributed by atoms with van der Waals surface area (Å²) in [5.74, 6) is -0.0753. The first-order valence-corrected chi connectivity index (χ1v) is 6.25. The first-order valence-electron chi connectivity index (χ1n) is 6.25. The molecule has 0 saturated carbocycles. The molecule has 0 atom stereocenters. The first kappa shape index (κ1) is 13.6. The van der Waals surface area contributed by atoms with E-state index in [-0.39, 0.29) is 11.4 Å². The fourth-order valence-corrected chi connectivity index (χ4v) is 2.03. The summed E-state index contributed by atoms with van der Waals surface area (Å²) in [6.45, 7) is 6.30. The second-order valence-corrected chi connectivity index (χ2v) is 4.38. The van der Waals surface area contributed by atoms with Crippen LogP contribution in [0, 0.1) is 0 Å². The molecule has 3 heteroatoms. The van der Waals surface area contributed by atoms with Crippen molar-refractivity contribution in [2.75, 3.05) is 5.73 Å². The number of amides is 1. The van der Waals surface area contributed by atoms with E-state index in [0.29, 0.717) is 11.3 Å². The largest absolute Gasteiger partial charge is 0.398 e. The lowest BCUT2D eigenvalue weighted by atomic mass is 9.89. The highest BCUT2D eigenvalue weighted by Gasteiger charge is 2.26. The van der Waals surface area contributed by atoms with Gasteiger partial charge in [-0.25, -0.2) is 0 Å². The van der Waals surface area contributed by atoms with Crippen molar-refractivity contribution in [2.24, 2.45) is 0 Å². The molecule has 3 N–H and O–H groups in total. The number of nitrogen functional groups attached to an aromatic ring is 1. The molecule has 0 aliphatic heterocycles. The van der Waals surface area contributed by atoms with Crippen molar-refractivity contribution in [2.45, 2.75) is 45.6 Å². The van der Waals surface area contributed by atoms with E-state index in [4.69, 9.17) is 5.73 Å². The second-order valence-electron chi connectivity index (χ2n) is 4.38. The van der Waals surface area contributed by atoms with E-state index in [1.54, 1.807) is 12.1 Å². The van der Waals surface area contributed by atoms with Gasteiger partial charge in [0.25, 0.3) is 5.91 Å². The second kappa shape index (κ2) is 5.71. The molecule has 0 bridgehead atoms. The van der Waals surface area contributed by atoms with Crippen LogP contribution in [-0.2, 0) is 0 Å². The number of para-hydroxylation sites is 1. The molecule has 0 spiro atoms. The van der Waals surface area contributed by atoms with Gasteiger partial charge in [0.15, 0.2) is 0 Å². The molecular formula is C14H22N2O. The highest BCUT2D eigenvalue weighted by atomic mass is 16.1. The standard InChI is InChI=1S/C14H22N2O/c1-4-14(5-2,6-3)16-13(17)11-9-7-8-10-12(11)15/h7-10H,4-6,15H2,1-3H3,(H,16,17). The molecule has 94 valence electrons. The number of hydrogen-bond acceptors (Lipinski definition) is 2. The predicted octanol–water partition coefficient (Wildman–Crippen LogP) is 2.97. The van der Waals surface area contributed by atoms with E-state index in [0.717, 1.165) is 19.3 Å². The van der Waals surface area contributed by atoms with Gasteiger partial charge >= 0.3 is 0 Å². The van der Waals surface area contributed by atoms with Crippen LogP contribution in [0.15, 0.2) is 24.3 Å². The molecule has 0 aliphatic rings. The van der Waals surface area contributed by atoms with Gasteiger partial charge in [0, 0.05) is 11.2 Å². The minimum Gasteiger partial charge on any atom is -0.398 e. The van der Waals surface area contributed by atoms with Crippen molar-refractivity contribution in [1.29, 1.82) is 0 Å². The third kappa shape index (κ3) is 2.99. The number of rotatable bonds is 5. The quantitative estimate of drug-likeness (QED) is 0.769. The third-order valence-corrected chi connectivity index (χ3v) is 3.61. The van der Waals surface area contributed by atoms with Crippen molar-refractivity contribution in [3.8, 4) is 0 Å². The molecule has 1 amide bonds. The fraction of sp³-hybridized carbons (Fsp3) is 0.500. The Bertz CT molecular complexity index is 375. The van der Waals surface area contributed by atoms with E-state index in [2.05, 4.69) is 26.1 Å². The van der Waals surface area contributed by atoms with Crippen LogP contribution in [0.2, 0.25) is 0 Å². The van der Waals surface area contributed by atoms with Gasteiger partial charge in [0.1, 0.15) is 0 Å². The Labute approximate surface area is 103 Å². The lowest BCUT2D eigenvalue weighted by molar-refractivity contribution is 0.0889. The van der Waals surface area contributed by atoms with E-state index in [1.807, 2.05) is 12.1 Å². The zero-order chi connectivity index (χ0) is 12.9. The first-order chi connectivity index (χ1) is 8.08. The lowest BCUT2D eigenvalue weighted by Crippen LogP contribution is -2.47. The maximum atomic E-state index is 12.2. The average Bonchev–Trinajstić information content (AvgIpc) is 2.36. The molecule has 0 aliphatic carbocycles. The fourth-order valence-electron chi connectivity index (χ4n) is 2.03. The molecule has 0 saturated heterocycles. The van der Waals surface area contributed by atoms with Gasteiger partial charge in [-0.15, -0.1) is 0 Å². The number of carbonyl (C=O) groups is 1. The predicted molar refractivity (Wildman–Crippen MR) is 71.9 cm³/mol. The van der Waals surface area contributed by atoms with Crippen LogP contribution in [0.3, 0.4) is 0 Å². The maximum Gasteiger partial charge on any atom is 0.253 e. The van der Waals surface area contributed by atoms with Crippen LogP contribution >= 0.6 is 0 Å². The number of nitrogens with two attached hydrogens (primary N) is 1. The van der Waals surface area contributed by atoms with Gasteiger partial charge in [0.05, 0.1) is 5.56 Å². The van der Waals surface area contributed by atoms with E-state index < -0.39 is 0 Å². The molecular weight excluding hydrogens is 212 g/mol. The van der Waals surface area contributed by atoms with Gasteiger partial charge in [-0.2, -0.15) is 0 Å². The molecule has 0 heterocycles. The summed E-state index contributed by atoms with van der Waals surface area (Å²) in [5, 5.41) is 3.12. The SMILES string of the molecule is CCC(CC)(CC)NC(=O)c1ccccc1N. The van der Waals surface area contributed by atoms with Crippen molar-refractivity contribution in [1.82, 2.24) is 5.32 Å². The summed E-state index contributed by atoms with van der Waals surface area (Å²) >= 11 is 0. The van der Waals surface area contributed by atoms with Gasteiger partial charge in [-0.3, -0.25) is 4.79 Å². The van der Waals surface area contributed by atoms with Crippen LogP contribution in [-0.4, -0.2) is 11.4 Å². The molecule has 0 aromatic heterocycles. The Balaban J connectivity index is 2.89. The minimum absolute atomic E-state index is 0.0753. The van der Waals surface area contributed by atoms with Crippen molar-refractivity contribution >= 4 is 11.6 Å². The number of benzene rings is 1. The Morgan fingerprint density at radius 2 is 1.71 bits per heavy atom. The molecule has 1 rings (SSSR count). The zero-order valence-corrected chi connectivity index (χ0v) is 10.9. The average molecular weight is 234 g/mol. The minimum atomic E-state index is -0.112. The summed E-state index contributed by atoms with van der Waals surface area (Å²) in [6, 6.07) is 7.17. The Morgan fingerprint density at radius 3 is 2.18 bits per heavy atom. The Morgan fingerprint density at radius 1 is 1.18 bits per heavy atom. The zero-order valence-electron chi connectivity index (χ0n) is 10.9. The Kier molecular flexibility index (Phi) is 4.55. The smallest absolute Gasteiger partial charge is 0.253 e. The molecule has 0 radical (unpaired) electrons. The van der Waals surface area contributed by atoms with Crippen LogP contribution in [0.25, 0.3) is 0 Å². The van der Waals surface area contributed by atoms with E-state index in [1.165, 1.54) is 0 Å². The molecule has 1 aromatic rings. The van der Waals surface area contributed by atoms with E-state index >= 15 is 0 Å². The van der Waals surface area contributed by atoms with Crippen LogP contribution in [0.1, 0.15) is 50.4 Å². The number of anilines is 1. The van der Waals surface area contributed by atoms with Gasteiger partial charge in [-0.05, 0) is 31.4 Å². The maximum absolute atomic E-state index is 12.2. The highest BCUT2D eigenvalue weighted by Crippen LogP contribution is 2.21. The summed E-state index contributed by atoms with van der Waals surface area (Å²) in [6.07, 6.45) is 2.79. The van der Waals surface area contributed by atoms with Crippen molar-refractivity contribution in [3.05, 3.63) is 29.8 Å². The summed E-state index contributed by atoms with van der Waals surface area (Å²) in [5.41, 5.74) is 6.78. The Hall–Kier alpha value is -1.51. The van der Waals surface area contributed by atoms with Gasteiger partial charge in [0.2, 0.25) is 0 Å². The summed E-state index contributed by atoms with van der Waals surface area (Å²) in [7, 11) is 0. The topological polar surface area (TPSA) is 55.1 Å². The number of nitrogens with one attached hydrogen (secondary N) is 1. The van der Waals surface area contributed by atoms with Crippen molar-refractivity contribution in [3.63, 3.8) is 0 Å². The monoisotopic (exact) mass is 234 g/mol. The van der Waals surface area contributed by atoms with Gasteiger partial charge in [-0.1, -0.05) is 32.9 Å². The van der Waals surface area contributed by atoms with Crippen LogP contribution in [0.5, 0.6) is 0 Å². The molecule has 3 nitrogen and oxygen atoms in total.